The molecule has 1 aromatic rings. The molecule has 8 heteroatoms. The van der Waals surface area contributed by atoms with Crippen molar-refractivity contribution in [2.24, 2.45) is 11.7 Å². The predicted molar refractivity (Wildman–Crippen MR) is 110 cm³/mol. The smallest absolute Gasteiger partial charge is 0.321 e. The van der Waals surface area contributed by atoms with Crippen LogP contribution < -0.4 is 21.7 Å². The zero-order chi connectivity index (χ0) is 20.5. The molecule has 8 nitrogen and oxygen atoms in total. The van der Waals surface area contributed by atoms with Gasteiger partial charge in [-0.3, -0.25) is 9.59 Å². The summed E-state index contributed by atoms with van der Waals surface area (Å²) in [4.78, 5) is 37.9. The molecule has 1 aliphatic heterocycles. The molecule has 5 N–H and O–H groups in total. The summed E-state index contributed by atoms with van der Waals surface area (Å²) in [7, 11) is 0. The Kier molecular flexibility index (Phi) is 8.25. The van der Waals surface area contributed by atoms with Crippen LogP contribution in [0.4, 0.5) is 16.2 Å². The van der Waals surface area contributed by atoms with Crippen LogP contribution in [0.15, 0.2) is 24.3 Å². The average molecular weight is 390 g/mol. The lowest BCUT2D eigenvalue weighted by atomic mass is 10.1. The van der Waals surface area contributed by atoms with Gasteiger partial charge in [-0.25, -0.2) is 4.79 Å². The Hall–Kier alpha value is -2.61. The van der Waals surface area contributed by atoms with Gasteiger partial charge in [0.05, 0.1) is 12.6 Å². The number of carbonyl (C=O) groups excluding carboxylic acids is 3. The van der Waals surface area contributed by atoms with Gasteiger partial charge in [-0.15, -0.1) is 0 Å². The molecule has 1 heterocycles. The third-order valence-electron chi connectivity index (χ3n) is 4.76. The lowest BCUT2D eigenvalue weighted by Gasteiger charge is -2.20. The van der Waals surface area contributed by atoms with Crippen molar-refractivity contribution in [2.75, 3.05) is 30.3 Å². The Morgan fingerprint density at radius 1 is 0.964 bits per heavy atom. The van der Waals surface area contributed by atoms with E-state index in [2.05, 4.69) is 16.0 Å². The molecule has 0 unspecified atom stereocenters. The van der Waals surface area contributed by atoms with Crippen LogP contribution in [0, 0.1) is 5.92 Å². The van der Waals surface area contributed by atoms with Gasteiger partial charge in [0.1, 0.15) is 0 Å². The quantitative estimate of drug-likeness (QED) is 0.596. The molecule has 1 fully saturated rings. The maximum absolute atomic E-state index is 12.3. The Morgan fingerprint density at radius 2 is 1.50 bits per heavy atom. The summed E-state index contributed by atoms with van der Waals surface area (Å²) in [6, 6.07) is 6.15. The topological polar surface area (TPSA) is 117 Å². The SMILES string of the molecule is CC(C)[C@H](N)C(=O)NCC(=O)Nc1ccc(NC(=O)N2CCCCCC2)cc1. The molecule has 4 amide bonds. The average Bonchev–Trinajstić information content (AvgIpc) is 2.96. The zero-order valence-electron chi connectivity index (χ0n) is 16.7. The van der Waals surface area contributed by atoms with E-state index >= 15 is 0 Å². The Morgan fingerprint density at radius 3 is 2.04 bits per heavy atom. The number of rotatable bonds is 6. The van der Waals surface area contributed by atoms with E-state index in [-0.39, 0.29) is 30.3 Å². The second-order valence-corrected chi connectivity index (χ2v) is 7.44. The van der Waals surface area contributed by atoms with Crippen molar-refractivity contribution in [2.45, 2.75) is 45.6 Å². The number of carbonyl (C=O) groups is 3. The molecule has 28 heavy (non-hydrogen) atoms. The first-order chi connectivity index (χ1) is 13.4. The van der Waals surface area contributed by atoms with E-state index in [1.54, 1.807) is 24.3 Å². The van der Waals surface area contributed by atoms with Gasteiger partial charge in [0.15, 0.2) is 0 Å². The van der Waals surface area contributed by atoms with Crippen molar-refractivity contribution in [1.82, 2.24) is 10.2 Å². The minimum absolute atomic E-state index is 0.000120. The molecule has 2 rings (SSSR count). The van der Waals surface area contributed by atoms with Gasteiger partial charge >= 0.3 is 6.03 Å². The van der Waals surface area contributed by atoms with E-state index in [1.165, 1.54) is 12.8 Å². The molecule has 0 saturated carbocycles. The lowest BCUT2D eigenvalue weighted by Crippen LogP contribution is -2.46. The van der Waals surface area contributed by atoms with Crippen molar-refractivity contribution >= 4 is 29.2 Å². The van der Waals surface area contributed by atoms with Crippen LogP contribution in [-0.2, 0) is 9.59 Å². The number of urea groups is 1. The minimum Gasteiger partial charge on any atom is -0.346 e. The lowest BCUT2D eigenvalue weighted by molar-refractivity contribution is -0.125. The summed E-state index contributed by atoms with van der Waals surface area (Å²) >= 11 is 0. The van der Waals surface area contributed by atoms with Crippen LogP contribution in [-0.4, -0.2) is 48.4 Å². The minimum atomic E-state index is -0.639. The number of amides is 4. The predicted octanol–water partition coefficient (Wildman–Crippen LogP) is 2.13. The van der Waals surface area contributed by atoms with Crippen LogP contribution in [0.1, 0.15) is 39.5 Å². The Balaban J connectivity index is 1.79. The van der Waals surface area contributed by atoms with Gasteiger partial charge in [0, 0.05) is 24.5 Å². The number of nitrogens with zero attached hydrogens (tertiary/aromatic N) is 1. The largest absolute Gasteiger partial charge is 0.346 e. The van der Waals surface area contributed by atoms with E-state index in [0.29, 0.717) is 11.4 Å². The molecular formula is C20H31N5O3. The van der Waals surface area contributed by atoms with Gasteiger partial charge in [0.25, 0.3) is 0 Å². The molecule has 1 aromatic carbocycles. The highest BCUT2D eigenvalue weighted by molar-refractivity contribution is 5.95. The molecule has 0 aromatic heterocycles. The molecular weight excluding hydrogens is 358 g/mol. The van der Waals surface area contributed by atoms with Crippen molar-refractivity contribution in [3.63, 3.8) is 0 Å². The van der Waals surface area contributed by atoms with Crippen molar-refractivity contribution in [3.8, 4) is 0 Å². The number of hydrogen-bond acceptors (Lipinski definition) is 4. The molecule has 1 saturated heterocycles. The molecule has 0 aliphatic carbocycles. The Labute approximate surface area is 166 Å². The van der Waals surface area contributed by atoms with Crippen LogP contribution in [0.5, 0.6) is 0 Å². The highest BCUT2D eigenvalue weighted by Gasteiger charge is 2.18. The van der Waals surface area contributed by atoms with Crippen LogP contribution >= 0.6 is 0 Å². The van der Waals surface area contributed by atoms with Crippen LogP contribution in [0.25, 0.3) is 0 Å². The molecule has 1 aliphatic rings. The molecule has 0 spiro atoms. The number of nitrogens with two attached hydrogens (primary N) is 1. The number of hydrogen-bond donors (Lipinski definition) is 4. The third-order valence-corrected chi connectivity index (χ3v) is 4.76. The molecule has 0 bridgehead atoms. The van der Waals surface area contributed by atoms with Gasteiger partial charge in [-0.2, -0.15) is 0 Å². The first-order valence-corrected chi connectivity index (χ1v) is 9.86. The van der Waals surface area contributed by atoms with E-state index in [1.807, 2.05) is 18.7 Å². The maximum atomic E-state index is 12.3. The summed E-state index contributed by atoms with van der Waals surface area (Å²) in [5.41, 5.74) is 6.99. The fraction of sp³-hybridized carbons (Fsp3) is 0.550. The summed E-state index contributed by atoms with van der Waals surface area (Å²) in [5.74, 6) is -0.692. The number of likely N-dealkylation sites (tertiary alicyclic amines) is 1. The van der Waals surface area contributed by atoms with E-state index in [0.717, 1.165) is 25.9 Å². The first kappa shape index (κ1) is 21.7. The zero-order valence-corrected chi connectivity index (χ0v) is 16.7. The second kappa shape index (κ2) is 10.7. The maximum Gasteiger partial charge on any atom is 0.321 e. The Bertz CT molecular complexity index is 667. The van der Waals surface area contributed by atoms with E-state index < -0.39 is 6.04 Å². The van der Waals surface area contributed by atoms with E-state index in [9.17, 15) is 14.4 Å². The highest BCUT2D eigenvalue weighted by Crippen LogP contribution is 2.16. The van der Waals surface area contributed by atoms with Gasteiger partial charge in [-0.05, 0) is 43.0 Å². The first-order valence-electron chi connectivity index (χ1n) is 9.86. The standard InChI is InChI=1S/C20H31N5O3/c1-14(2)18(21)19(27)22-13-17(26)23-15-7-9-16(10-8-15)24-20(28)25-11-5-3-4-6-12-25/h7-10,14,18H,3-6,11-13,21H2,1-2H3,(H,22,27)(H,23,26)(H,24,28)/t18-/m0/s1. The van der Waals surface area contributed by atoms with Crippen LogP contribution in [0.2, 0.25) is 0 Å². The van der Waals surface area contributed by atoms with Crippen LogP contribution in [0.3, 0.4) is 0 Å². The van der Waals surface area contributed by atoms with Crippen molar-refractivity contribution in [3.05, 3.63) is 24.3 Å². The summed E-state index contributed by atoms with van der Waals surface area (Å²) in [5, 5.41) is 8.11. The monoisotopic (exact) mass is 389 g/mol. The molecule has 0 radical (unpaired) electrons. The third kappa shape index (κ3) is 6.84. The molecule has 1 atom stereocenters. The highest BCUT2D eigenvalue weighted by atomic mass is 16.2. The van der Waals surface area contributed by atoms with E-state index in [4.69, 9.17) is 5.73 Å². The number of benzene rings is 1. The fourth-order valence-corrected chi connectivity index (χ4v) is 2.91. The number of nitrogens with one attached hydrogen (secondary N) is 3. The summed E-state index contributed by atoms with van der Waals surface area (Å²) in [6.07, 6.45) is 4.41. The summed E-state index contributed by atoms with van der Waals surface area (Å²) < 4.78 is 0. The van der Waals surface area contributed by atoms with Gasteiger partial charge < -0.3 is 26.6 Å². The number of anilines is 2. The van der Waals surface area contributed by atoms with Gasteiger partial charge in [-0.1, -0.05) is 26.7 Å². The van der Waals surface area contributed by atoms with Crippen molar-refractivity contribution < 1.29 is 14.4 Å². The molecule has 154 valence electrons. The van der Waals surface area contributed by atoms with Crippen molar-refractivity contribution in [1.29, 1.82) is 0 Å². The summed E-state index contributed by atoms with van der Waals surface area (Å²) in [6.45, 7) is 5.11. The second-order valence-electron chi connectivity index (χ2n) is 7.44. The fourth-order valence-electron chi connectivity index (χ4n) is 2.91. The normalized spacial score (nSPS) is 15.5. The van der Waals surface area contributed by atoms with Gasteiger partial charge in [0.2, 0.25) is 11.8 Å².